The molecule has 0 bridgehead atoms. The normalized spacial score (nSPS) is 18.3. The summed E-state index contributed by atoms with van der Waals surface area (Å²) in [7, 11) is 0. The van der Waals surface area contributed by atoms with E-state index in [1.165, 1.54) is 4.90 Å². The number of rotatable bonds is 4. The zero-order chi connectivity index (χ0) is 16.6. The zero-order valence-electron chi connectivity index (χ0n) is 13.3. The first-order chi connectivity index (χ1) is 11.0. The minimum absolute atomic E-state index is 0.00887. The van der Waals surface area contributed by atoms with E-state index in [1.54, 1.807) is 19.1 Å². The Morgan fingerprint density at radius 1 is 1.22 bits per heavy atom. The molecule has 0 spiro atoms. The molecule has 3 amide bonds. The highest BCUT2D eigenvalue weighted by atomic mass is 16.5. The summed E-state index contributed by atoms with van der Waals surface area (Å²) >= 11 is 0. The average molecular weight is 314 g/mol. The van der Waals surface area contributed by atoms with Gasteiger partial charge < -0.3 is 4.52 Å². The van der Waals surface area contributed by atoms with Crippen molar-refractivity contribution in [2.45, 2.75) is 39.3 Å². The fourth-order valence-corrected chi connectivity index (χ4v) is 2.50. The van der Waals surface area contributed by atoms with Crippen LogP contribution in [-0.4, -0.2) is 33.0 Å². The Bertz CT molecular complexity index is 726. The number of hydrogen-bond acceptors (Lipinski definition) is 5. The van der Waals surface area contributed by atoms with Crippen LogP contribution < -0.4 is 4.90 Å². The second-order valence-corrected chi connectivity index (χ2v) is 5.79. The Hall–Kier alpha value is -2.70. The van der Waals surface area contributed by atoms with Crippen LogP contribution >= 0.6 is 0 Å². The molecule has 2 heterocycles. The van der Waals surface area contributed by atoms with Gasteiger partial charge in [-0.15, -0.1) is 0 Å². The predicted molar refractivity (Wildman–Crippen MR) is 82.7 cm³/mol. The highest BCUT2D eigenvalue weighted by molar-refractivity contribution is 6.13. The molecule has 3 rings (SSSR count). The summed E-state index contributed by atoms with van der Waals surface area (Å²) in [6.07, 6.45) is 0. The lowest BCUT2D eigenvalue weighted by Crippen LogP contribution is -2.33. The van der Waals surface area contributed by atoms with E-state index >= 15 is 0 Å². The first-order valence-electron chi connectivity index (χ1n) is 7.51. The molecule has 23 heavy (non-hydrogen) atoms. The molecular formula is C16H18N4O3. The summed E-state index contributed by atoms with van der Waals surface area (Å²) in [5.74, 6) is 0.671. The van der Waals surface area contributed by atoms with E-state index in [-0.39, 0.29) is 30.3 Å². The predicted octanol–water partition coefficient (Wildman–Crippen LogP) is 2.55. The fourth-order valence-electron chi connectivity index (χ4n) is 2.50. The Morgan fingerprint density at radius 2 is 1.91 bits per heavy atom. The van der Waals surface area contributed by atoms with Gasteiger partial charge in [-0.3, -0.25) is 14.6 Å². The number of anilines is 1. The number of imide groups is 1. The smallest absolute Gasteiger partial charge is 0.332 e. The van der Waals surface area contributed by atoms with Gasteiger partial charge in [-0.1, -0.05) is 37.2 Å². The standard InChI is InChI=1S/C16H18N4O3/c1-10(2)14-17-13(23-18-14)9-19-15(21)11(3)20(16(19)22)12-7-5-4-6-8-12/h4-8,10-11H,9H2,1-3H3/t11-/m0/s1. The number of carbonyl (C=O) groups is 2. The molecule has 1 fully saturated rings. The second kappa shape index (κ2) is 5.83. The van der Waals surface area contributed by atoms with Crippen molar-refractivity contribution in [3.05, 3.63) is 42.0 Å². The van der Waals surface area contributed by atoms with Crippen molar-refractivity contribution in [2.24, 2.45) is 0 Å². The molecular weight excluding hydrogens is 296 g/mol. The van der Waals surface area contributed by atoms with Gasteiger partial charge in [0.25, 0.3) is 5.91 Å². The van der Waals surface area contributed by atoms with E-state index in [4.69, 9.17) is 4.52 Å². The van der Waals surface area contributed by atoms with E-state index in [9.17, 15) is 9.59 Å². The molecule has 1 aliphatic rings. The molecule has 120 valence electrons. The zero-order valence-corrected chi connectivity index (χ0v) is 13.3. The SMILES string of the molecule is CC(C)c1noc(CN2C(=O)[C@H](C)N(c3ccccc3)C2=O)n1. The van der Waals surface area contributed by atoms with Gasteiger partial charge in [0, 0.05) is 11.6 Å². The van der Waals surface area contributed by atoms with E-state index in [0.29, 0.717) is 11.5 Å². The Balaban J connectivity index is 1.83. The van der Waals surface area contributed by atoms with Crippen molar-refractivity contribution in [3.63, 3.8) is 0 Å². The largest absolute Gasteiger partial charge is 0.337 e. The number of benzene rings is 1. The molecule has 2 aromatic rings. The Morgan fingerprint density at radius 3 is 2.52 bits per heavy atom. The van der Waals surface area contributed by atoms with Crippen LogP contribution in [0.25, 0.3) is 0 Å². The monoisotopic (exact) mass is 314 g/mol. The van der Waals surface area contributed by atoms with Gasteiger partial charge in [0.2, 0.25) is 5.89 Å². The van der Waals surface area contributed by atoms with Crippen molar-refractivity contribution < 1.29 is 14.1 Å². The highest BCUT2D eigenvalue weighted by Crippen LogP contribution is 2.26. The van der Waals surface area contributed by atoms with Crippen molar-refractivity contribution in [1.29, 1.82) is 0 Å². The summed E-state index contributed by atoms with van der Waals surface area (Å²) in [6.45, 7) is 5.59. The summed E-state index contributed by atoms with van der Waals surface area (Å²) in [4.78, 5) is 31.9. The summed E-state index contributed by atoms with van der Waals surface area (Å²) in [5, 5.41) is 3.86. The van der Waals surface area contributed by atoms with Crippen molar-refractivity contribution >= 4 is 17.6 Å². The molecule has 0 unspecified atom stereocenters. The number of urea groups is 1. The molecule has 7 heteroatoms. The third kappa shape index (κ3) is 2.69. The summed E-state index contributed by atoms with van der Waals surface area (Å²) < 4.78 is 5.13. The van der Waals surface area contributed by atoms with Crippen LogP contribution in [-0.2, 0) is 11.3 Å². The number of nitrogens with zero attached hydrogens (tertiary/aromatic N) is 4. The minimum Gasteiger partial charge on any atom is -0.337 e. The van der Waals surface area contributed by atoms with Crippen molar-refractivity contribution in [2.75, 3.05) is 4.90 Å². The van der Waals surface area contributed by atoms with Crippen LogP contribution in [0, 0.1) is 0 Å². The van der Waals surface area contributed by atoms with Gasteiger partial charge in [0.05, 0.1) is 0 Å². The Kier molecular flexibility index (Phi) is 3.85. The number of aromatic nitrogens is 2. The third-order valence-corrected chi connectivity index (χ3v) is 3.78. The van der Waals surface area contributed by atoms with Gasteiger partial charge in [-0.25, -0.2) is 4.79 Å². The minimum atomic E-state index is -0.558. The Labute approximate surface area is 133 Å². The number of hydrogen-bond donors (Lipinski definition) is 0. The fraction of sp³-hybridized carbons (Fsp3) is 0.375. The van der Waals surface area contributed by atoms with E-state index in [2.05, 4.69) is 10.1 Å². The second-order valence-electron chi connectivity index (χ2n) is 5.79. The molecule has 0 saturated carbocycles. The molecule has 0 radical (unpaired) electrons. The van der Waals surface area contributed by atoms with Gasteiger partial charge in [-0.2, -0.15) is 4.98 Å². The molecule has 0 N–H and O–H groups in total. The summed E-state index contributed by atoms with van der Waals surface area (Å²) in [6, 6.07) is 8.18. The molecule has 1 aromatic heterocycles. The lowest BCUT2D eigenvalue weighted by atomic mass is 10.2. The summed E-state index contributed by atoms with van der Waals surface area (Å²) in [5.41, 5.74) is 0.689. The van der Waals surface area contributed by atoms with Crippen LogP contribution in [0.3, 0.4) is 0 Å². The van der Waals surface area contributed by atoms with Crippen LogP contribution in [0.4, 0.5) is 10.5 Å². The maximum Gasteiger partial charge on any atom is 0.332 e. The van der Waals surface area contributed by atoms with Crippen molar-refractivity contribution in [1.82, 2.24) is 15.0 Å². The highest BCUT2D eigenvalue weighted by Gasteiger charge is 2.43. The third-order valence-electron chi connectivity index (χ3n) is 3.78. The quantitative estimate of drug-likeness (QED) is 0.810. The average Bonchev–Trinajstić information content (AvgIpc) is 3.08. The number of carbonyl (C=O) groups excluding carboxylic acids is 2. The molecule has 1 aromatic carbocycles. The molecule has 1 aliphatic heterocycles. The van der Waals surface area contributed by atoms with E-state index in [1.807, 2.05) is 32.0 Å². The van der Waals surface area contributed by atoms with Gasteiger partial charge >= 0.3 is 6.03 Å². The molecule has 7 nitrogen and oxygen atoms in total. The van der Waals surface area contributed by atoms with Crippen LogP contribution in [0.1, 0.15) is 38.4 Å². The maximum absolute atomic E-state index is 12.6. The van der Waals surface area contributed by atoms with Crippen LogP contribution in [0.2, 0.25) is 0 Å². The topological polar surface area (TPSA) is 79.5 Å². The lowest BCUT2D eigenvalue weighted by molar-refractivity contribution is -0.127. The molecule has 0 aliphatic carbocycles. The first kappa shape index (κ1) is 15.2. The molecule has 1 saturated heterocycles. The maximum atomic E-state index is 12.6. The van der Waals surface area contributed by atoms with E-state index in [0.717, 1.165) is 4.90 Å². The van der Waals surface area contributed by atoms with Crippen LogP contribution in [0.5, 0.6) is 0 Å². The number of para-hydroxylation sites is 1. The van der Waals surface area contributed by atoms with E-state index < -0.39 is 6.04 Å². The lowest BCUT2D eigenvalue weighted by Gasteiger charge is -2.18. The van der Waals surface area contributed by atoms with Crippen molar-refractivity contribution in [3.8, 4) is 0 Å². The van der Waals surface area contributed by atoms with Gasteiger partial charge in [0.15, 0.2) is 5.82 Å². The van der Waals surface area contributed by atoms with Gasteiger partial charge in [-0.05, 0) is 19.1 Å². The van der Waals surface area contributed by atoms with Crippen LogP contribution in [0.15, 0.2) is 34.9 Å². The first-order valence-corrected chi connectivity index (χ1v) is 7.51. The molecule has 1 atom stereocenters. The number of amides is 3. The van der Waals surface area contributed by atoms with Gasteiger partial charge in [0.1, 0.15) is 12.6 Å².